The Morgan fingerprint density at radius 2 is 2.07 bits per heavy atom. The molecule has 0 aromatic carbocycles. The Morgan fingerprint density at radius 3 is 2.67 bits per heavy atom. The van der Waals surface area contributed by atoms with Crippen molar-refractivity contribution in [3.63, 3.8) is 0 Å². The van der Waals surface area contributed by atoms with Crippen molar-refractivity contribution in [2.24, 2.45) is 5.92 Å². The van der Waals surface area contributed by atoms with Crippen LogP contribution in [0.5, 0.6) is 0 Å². The quantitative estimate of drug-likeness (QED) is 0.751. The number of methoxy groups -OCH3 is 1. The maximum atomic E-state index is 13.2. The number of ether oxygens (including phenoxy) is 1. The maximum absolute atomic E-state index is 13.2. The zero-order chi connectivity index (χ0) is 19.4. The van der Waals surface area contributed by atoms with Gasteiger partial charge in [0.2, 0.25) is 0 Å². The summed E-state index contributed by atoms with van der Waals surface area (Å²) in [5.74, 6) is -0.339. The summed E-state index contributed by atoms with van der Waals surface area (Å²) in [5, 5.41) is 14.7. The summed E-state index contributed by atoms with van der Waals surface area (Å²) in [5.41, 5.74) is -0.552. The fourth-order valence-electron chi connectivity index (χ4n) is 3.44. The second kappa shape index (κ2) is 8.12. The molecule has 1 aliphatic rings. The van der Waals surface area contributed by atoms with E-state index in [0.29, 0.717) is 30.3 Å². The zero-order valence-corrected chi connectivity index (χ0v) is 16.6. The van der Waals surface area contributed by atoms with Gasteiger partial charge in [-0.2, -0.15) is 0 Å². The number of tetrazole rings is 1. The SMILES string of the molecule is COC(=O)c1nc(NC(=O)C2(n3cnnn3)CCCCC2)sc1CC(C)C. The molecule has 27 heavy (non-hydrogen) atoms. The van der Waals surface area contributed by atoms with Crippen molar-refractivity contribution in [1.29, 1.82) is 0 Å². The number of hydrogen-bond donors (Lipinski definition) is 1. The third-order valence-electron chi connectivity index (χ3n) is 4.78. The molecule has 0 aliphatic heterocycles. The lowest BCUT2D eigenvalue weighted by Gasteiger charge is -2.34. The first kappa shape index (κ1) is 19.4. The first-order chi connectivity index (χ1) is 13.0. The Bertz CT molecular complexity index is 796. The summed E-state index contributed by atoms with van der Waals surface area (Å²) in [6.07, 6.45) is 6.44. The summed E-state index contributed by atoms with van der Waals surface area (Å²) in [6.45, 7) is 4.13. The van der Waals surface area contributed by atoms with Crippen molar-refractivity contribution >= 4 is 28.3 Å². The van der Waals surface area contributed by atoms with Crippen molar-refractivity contribution < 1.29 is 14.3 Å². The number of thiazole rings is 1. The van der Waals surface area contributed by atoms with Crippen molar-refractivity contribution in [2.75, 3.05) is 12.4 Å². The molecule has 1 aliphatic carbocycles. The molecule has 3 rings (SSSR count). The molecular formula is C17H24N6O3S. The Kier molecular flexibility index (Phi) is 5.83. The average Bonchev–Trinajstić information content (AvgIpc) is 3.31. The molecule has 1 amide bonds. The highest BCUT2D eigenvalue weighted by molar-refractivity contribution is 7.16. The molecular weight excluding hydrogens is 368 g/mol. The van der Waals surface area contributed by atoms with Crippen LogP contribution in [0.4, 0.5) is 5.13 Å². The summed E-state index contributed by atoms with van der Waals surface area (Å²) in [6, 6.07) is 0. The Morgan fingerprint density at radius 1 is 1.33 bits per heavy atom. The van der Waals surface area contributed by atoms with E-state index >= 15 is 0 Å². The minimum atomic E-state index is -0.822. The molecule has 9 nitrogen and oxygen atoms in total. The highest BCUT2D eigenvalue weighted by Crippen LogP contribution is 2.36. The van der Waals surface area contributed by atoms with Crippen LogP contribution < -0.4 is 5.32 Å². The van der Waals surface area contributed by atoms with Crippen LogP contribution in [0.1, 0.15) is 61.3 Å². The van der Waals surface area contributed by atoms with Crippen molar-refractivity contribution in [2.45, 2.75) is 57.9 Å². The molecule has 1 fully saturated rings. The number of aromatic nitrogens is 5. The van der Waals surface area contributed by atoms with E-state index in [0.717, 1.165) is 24.1 Å². The molecule has 0 unspecified atom stereocenters. The topological polar surface area (TPSA) is 112 Å². The third kappa shape index (κ3) is 4.00. The fourth-order valence-corrected chi connectivity index (χ4v) is 4.59. The molecule has 1 saturated carbocycles. The van der Waals surface area contributed by atoms with E-state index in [-0.39, 0.29) is 11.6 Å². The van der Waals surface area contributed by atoms with Crippen LogP contribution >= 0.6 is 11.3 Å². The summed E-state index contributed by atoms with van der Waals surface area (Å²) in [4.78, 5) is 30.4. The molecule has 2 heterocycles. The number of nitrogens with one attached hydrogen (secondary N) is 1. The van der Waals surface area contributed by atoms with Gasteiger partial charge in [-0.05, 0) is 35.6 Å². The molecule has 0 bridgehead atoms. The van der Waals surface area contributed by atoms with E-state index in [1.807, 2.05) is 0 Å². The lowest BCUT2D eigenvalue weighted by molar-refractivity contribution is -0.126. The highest BCUT2D eigenvalue weighted by Gasteiger charge is 2.43. The third-order valence-corrected chi connectivity index (χ3v) is 5.77. The van der Waals surface area contributed by atoms with Gasteiger partial charge in [-0.3, -0.25) is 10.1 Å². The van der Waals surface area contributed by atoms with E-state index in [1.54, 1.807) is 4.68 Å². The average molecular weight is 392 g/mol. The van der Waals surface area contributed by atoms with Gasteiger partial charge in [-0.25, -0.2) is 14.5 Å². The summed E-state index contributed by atoms with van der Waals surface area (Å²) >= 11 is 1.32. The van der Waals surface area contributed by atoms with Crippen LogP contribution in [0, 0.1) is 5.92 Å². The number of nitrogens with zero attached hydrogens (tertiary/aromatic N) is 5. The molecule has 2 aromatic heterocycles. The van der Waals surface area contributed by atoms with Crippen molar-refractivity contribution in [3.05, 3.63) is 16.9 Å². The second-order valence-electron chi connectivity index (χ2n) is 7.18. The van der Waals surface area contributed by atoms with Gasteiger partial charge in [0.25, 0.3) is 5.91 Å². The summed E-state index contributed by atoms with van der Waals surface area (Å²) < 4.78 is 6.38. The zero-order valence-electron chi connectivity index (χ0n) is 15.8. The second-order valence-corrected chi connectivity index (χ2v) is 8.26. The van der Waals surface area contributed by atoms with Gasteiger partial charge in [0.1, 0.15) is 11.9 Å². The van der Waals surface area contributed by atoms with Crippen LogP contribution in [-0.4, -0.2) is 44.2 Å². The Balaban J connectivity index is 1.88. The van der Waals surface area contributed by atoms with Crippen LogP contribution in [0.2, 0.25) is 0 Å². The van der Waals surface area contributed by atoms with Gasteiger partial charge in [0, 0.05) is 4.88 Å². The molecule has 0 spiro atoms. The lowest BCUT2D eigenvalue weighted by Crippen LogP contribution is -2.47. The highest BCUT2D eigenvalue weighted by atomic mass is 32.1. The van der Waals surface area contributed by atoms with Gasteiger partial charge < -0.3 is 4.74 Å². The van der Waals surface area contributed by atoms with Gasteiger partial charge in [-0.15, -0.1) is 16.4 Å². The maximum Gasteiger partial charge on any atom is 0.357 e. The van der Waals surface area contributed by atoms with Gasteiger partial charge in [0.05, 0.1) is 7.11 Å². The van der Waals surface area contributed by atoms with Crippen molar-refractivity contribution in [3.8, 4) is 0 Å². The standard InChI is InChI=1S/C17H24N6O3S/c1-11(2)9-12-13(14(24)26-3)19-16(27-12)20-15(25)17(7-5-4-6-8-17)23-10-18-21-22-23/h10-11H,4-9H2,1-3H3,(H,19,20,25). The first-order valence-electron chi connectivity index (χ1n) is 9.09. The van der Waals surface area contributed by atoms with Crippen LogP contribution in [0.3, 0.4) is 0 Å². The van der Waals surface area contributed by atoms with E-state index in [1.165, 1.54) is 24.8 Å². The molecule has 10 heteroatoms. The fraction of sp³-hybridized carbons (Fsp3) is 0.647. The molecule has 0 radical (unpaired) electrons. The smallest absolute Gasteiger partial charge is 0.357 e. The van der Waals surface area contributed by atoms with Gasteiger partial charge in [0.15, 0.2) is 10.8 Å². The van der Waals surface area contributed by atoms with Crippen LogP contribution in [0.25, 0.3) is 0 Å². The minimum absolute atomic E-state index is 0.198. The number of carbonyl (C=O) groups is 2. The molecule has 0 saturated heterocycles. The molecule has 2 aromatic rings. The number of carbonyl (C=O) groups excluding carboxylic acids is 2. The predicted molar refractivity (Wildman–Crippen MR) is 99.5 cm³/mol. The lowest BCUT2D eigenvalue weighted by atomic mass is 9.81. The van der Waals surface area contributed by atoms with Crippen molar-refractivity contribution in [1.82, 2.24) is 25.2 Å². The minimum Gasteiger partial charge on any atom is -0.464 e. The van der Waals surface area contributed by atoms with Gasteiger partial charge in [-0.1, -0.05) is 33.1 Å². The van der Waals surface area contributed by atoms with Crippen LogP contribution in [0.15, 0.2) is 6.33 Å². The molecule has 1 N–H and O–H groups in total. The van der Waals surface area contributed by atoms with Crippen LogP contribution in [-0.2, 0) is 21.5 Å². The van der Waals surface area contributed by atoms with Gasteiger partial charge >= 0.3 is 5.97 Å². The first-order valence-corrected chi connectivity index (χ1v) is 9.91. The van der Waals surface area contributed by atoms with E-state index in [2.05, 4.69) is 39.7 Å². The Hall–Kier alpha value is -2.36. The Labute approximate surface area is 161 Å². The number of hydrogen-bond acceptors (Lipinski definition) is 8. The van der Waals surface area contributed by atoms with E-state index < -0.39 is 11.5 Å². The number of rotatable bonds is 6. The number of anilines is 1. The molecule has 0 atom stereocenters. The van der Waals surface area contributed by atoms with E-state index in [9.17, 15) is 9.59 Å². The monoisotopic (exact) mass is 392 g/mol. The predicted octanol–water partition coefficient (Wildman–Crippen LogP) is 2.41. The normalized spacial score (nSPS) is 16.3. The van der Waals surface area contributed by atoms with E-state index in [4.69, 9.17) is 4.74 Å². The summed E-state index contributed by atoms with van der Waals surface area (Å²) in [7, 11) is 1.33. The largest absolute Gasteiger partial charge is 0.464 e. The number of amides is 1. The number of esters is 1. The molecule has 146 valence electrons.